The Bertz CT molecular complexity index is 511. The zero-order chi connectivity index (χ0) is 13.0. The normalized spacial score (nSPS) is 12.4. The van der Waals surface area contributed by atoms with Gasteiger partial charge in [-0.15, -0.1) is 0 Å². The maximum absolute atomic E-state index is 6.41. The van der Waals surface area contributed by atoms with E-state index in [9.17, 15) is 0 Å². The summed E-state index contributed by atoms with van der Waals surface area (Å²) in [5, 5.41) is 4.29. The van der Waals surface area contributed by atoms with Gasteiger partial charge in [0.25, 0.3) is 0 Å². The molecule has 0 saturated heterocycles. The molecule has 1 unspecified atom stereocenters. The van der Waals surface area contributed by atoms with E-state index in [1.54, 1.807) is 6.20 Å². The van der Waals surface area contributed by atoms with Crippen molar-refractivity contribution in [2.24, 2.45) is 0 Å². The van der Waals surface area contributed by atoms with E-state index in [4.69, 9.17) is 11.6 Å². The molecule has 0 fully saturated rings. The van der Waals surface area contributed by atoms with Crippen LogP contribution in [0.15, 0.2) is 42.7 Å². The van der Waals surface area contributed by atoms with E-state index in [1.807, 2.05) is 31.3 Å². The Hall–Kier alpha value is -1.38. The van der Waals surface area contributed by atoms with Gasteiger partial charge in [0.05, 0.1) is 6.04 Å². The van der Waals surface area contributed by atoms with Crippen molar-refractivity contribution in [3.63, 3.8) is 0 Å². The average Bonchev–Trinajstić information content (AvgIpc) is 2.41. The van der Waals surface area contributed by atoms with Crippen LogP contribution in [0.2, 0.25) is 5.02 Å². The van der Waals surface area contributed by atoms with Crippen molar-refractivity contribution in [3.8, 4) is 0 Å². The summed E-state index contributed by atoms with van der Waals surface area (Å²) in [4.78, 5) is 4.18. The number of nitrogens with one attached hydrogen (secondary N) is 1. The standard InChI is InChI=1S/C15H17ClN2/c1-3-18-15(12-7-5-9-17-10-12)13-8-4-6-11(2)14(13)16/h4-10,15,18H,3H2,1-2H3. The molecule has 0 aliphatic carbocycles. The maximum Gasteiger partial charge on any atom is 0.0606 e. The van der Waals surface area contributed by atoms with Gasteiger partial charge in [-0.25, -0.2) is 0 Å². The first kappa shape index (κ1) is 13.1. The third kappa shape index (κ3) is 2.71. The Morgan fingerprint density at radius 2 is 2.11 bits per heavy atom. The quantitative estimate of drug-likeness (QED) is 0.906. The second-order valence-electron chi connectivity index (χ2n) is 4.26. The van der Waals surface area contributed by atoms with Crippen molar-refractivity contribution in [3.05, 3.63) is 64.4 Å². The number of hydrogen-bond acceptors (Lipinski definition) is 2. The van der Waals surface area contributed by atoms with Gasteiger partial charge in [0, 0.05) is 17.4 Å². The number of aryl methyl sites for hydroxylation is 1. The third-order valence-electron chi connectivity index (χ3n) is 2.96. The number of halogens is 1. The Morgan fingerprint density at radius 1 is 1.28 bits per heavy atom. The van der Waals surface area contributed by atoms with Gasteiger partial charge in [-0.3, -0.25) is 4.98 Å². The lowest BCUT2D eigenvalue weighted by atomic mass is 9.98. The second-order valence-corrected chi connectivity index (χ2v) is 4.63. The molecule has 1 N–H and O–H groups in total. The number of nitrogens with zero attached hydrogens (tertiary/aromatic N) is 1. The fourth-order valence-corrected chi connectivity index (χ4v) is 2.29. The van der Waals surface area contributed by atoms with Crippen LogP contribution in [-0.2, 0) is 0 Å². The van der Waals surface area contributed by atoms with Gasteiger partial charge in [-0.05, 0) is 36.2 Å². The van der Waals surface area contributed by atoms with Crippen LogP contribution in [-0.4, -0.2) is 11.5 Å². The summed E-state index contributed by atoms with van der Waals surface area (Å²) >= 11 is 6.41. The van der Waals surface area contributed by atoms with E-state index in [0.29, 0.717) is 0 Å². The number of hydrogen-bond donors (Lipinski definition) is 1. The predicted octanol–water partition coefficient (Wildman–Crippen LogP) is 3.74. The van der Waals surface area contributed by atoms with Crippen LogP contribution in [0.5, 0.6) is 0 Å². The fourth-order valence-electron chi connectivity index (χ4n) is 2.05. The second kappa shape index (κ2) is 5.98. The Kier molecular flexibility index (Phi) is 4.34. The van der Waals surface area contributed by atoms with Crippen LogP contribution in [0.1, 0.15) is 29.7 Å². The third-order valence-corrected chi connectivity index (χ3v) is 3.47. The van der Waals surface area contributed by atoms with Gasteiger partial charge in [-0.2, -0.15) is 0 Å². The molecule has 2 aromatic rings. The minimum absolute atomic E-state index is 0.0936. The predicted molar refractivity (Wildman–Crippen MR) is 75.9 cm³/mol. The van der Waals surface area contributed by atoms with Gasteiger partial charge in [0.15, 0.2) is 0 Å². The van der Waals surface area contributed by atoms with Crippen molar-refractivity contribution < 1.29 is 0 Å². The molecule has 0 spiro atoms. The number of benzene rings is 1. The molecule has 1 heterocycles. The Labute approximate surface area is 113 Å². The SMILES string of the molecule is CCNC(c1cccnc1)c1cccc(C)c1Cl. The monoisotopic (exact) mass is 260 g/mol. The smallest absolute Gasteiger partial charge is 0.0606 e. The highest BCUT2D eigenvalue weighted by atomic mass is 35.5. The van der Waals surface area contributed by atoms with E-state index in [0.717, 1.165) is 28.3 Å². The molecule has 0 aliphatic rings. The lowest BCUT2D eigenvalue weighted by molar-refractivity contribution is 0.628. The minimum atomic E-state index is 0.0936. The van der Waals surface area contributed by atoms with Gasteiger partial charge < -0.3 is 5.32 Å². The van der Waals surface area contributed by atoms with Gasteiger partial charge in [0.1, 0.15) is 0 Å². The number of aromatic nitrogens is 1. The summed E-state index contributed by atoms with van der Waals surface area (Å²) in [5.41, 5.74) is 3.33. The molecule has 18 heavy (non-hydrogen) atoms. The average molecular weight is 261 g/mol. The molecule has 3 heteroatoms. The van der Waals surface area contributed by atoms with Crippen LogP contribution in [0, 0.1) is 6.92 Å². The van der Waals surface area contributed by atoms with Crippen molar-refractivity contribution in [2.75, 3.05) is 6.54 Å². The first-order valence-corrected chi connectivity index (χ1v) is 6.50. The highest BCUT2D eigenvalue weighted by Crippen LogP contribution is 2.30. The van der Waals surface area contributed by atoms with Crippen LogP contribution in [0.25, 0.3) is 0 Å². The summed E-state index contributed by atoms with van der Waals surface area (Å²) in [7, 11) is 0. The van der Waals surface area contributed by atoms with E-state index in [2.05, 4.69) is 29.4 Å². The van der Waals surface area contributed by atoms with Gasteiger partial charge in [0.2, 0.25) is 0 Å². The molecule has 2 nitrogen and oxygen atoms in total. The number of rotatable bonds is 4. The summed E-state index contributed by atoms with van der Waals surface area (Å²) in [5.74, 6) is 0. The molecule has 1 aromatic heterocycles. The summed E-state index contributed by atoms with van der Waals surface area (Å²) in [6, 6.07) is 10.2. The van der Waals surface area contributed by atoms with Crippen molar-refractivity contribution >= 4 is 11.6 Å². The molecule has 0 aliphatic heterocycles. The van der Waals surface area contributed by atoms with E-state index in [-0.39, 0.29) is 6.04 Å². The van der Waals surface area contributed by atoms with Gasteiger partial charge in [-0.1, -0.05) is 42.8 Å². The molecule has 0 amide bonds. The van der Waals surface area contributed by atoms with Crippen LogP contribution < -0.4 is 5.32 Å². The Morgan fingerprint density at radius 3 is 2.78 bits per heavy atom. The largest absolute Gasteiger partial charge is 0.306 e. The highest BCUT2D eigenvalue weighted by Gasteiger charge is 2.16. The molecule has 0 bridgehead atoms. The summed E-state index contributed by atoms with van der Waals surface area (Å²) < 4.78 is 0. The molecule has 0 saturated carbocycles. The molecule has 94 valence electrons. The topological polar surface area (TPSA) is 24.9 Å². The lowest BCUT2D eigenvalue weighted by Crippen LogP contribution is -2.22. The highest BCUT2D eigenvalue weighted by molar-refractivity contribution is 6.32. The molecular weight excluding hydrogens is 244 g/mol. The van der Waals surface area contributed by atoms with Crippen LogP contribution in [0.3, 0.4) is 0 Å². The molecule has 1 aromatic carbocycles. The molecule has 2 rings (SSSR count). The van der Waals surface area contributed by atoms with Crippen molar-refractivity contribution in [2.45, 2.75) is 19.9 Å². The zero-order valence-electron chi connectivity index (χ0n) is 10.7. The first-order chi connectivity index (χ1) is 8.74. The maximum atomic E-state index is 6.41. The fraction of sp³-hybridized carbons (Fsp3) is 0.267. The van der Waals surface area contributed by atoms with Crippen molar-refractivity contribution in [1.82, 2.24) is 10.3 Å². The molecular formula is C15H17ClN2. The lowest BCUT2D eigenvalue weighted by Gasteiger charge is -2.20. The van der Waals surface area contributed by atoms with E-state index >= 15 is 0 Å². The van der Waals surface area contributed by atoms with E-state index < -0.39 is 0 Å². The number of pyridine rings is 1. The van der Waals surface area contributed by atoms with Crippen LogP contribution in [0.4, 0.5) is 0 Å². The molecule has 1 atom stereocenters. The minimum Gasteiger partial charge on any atom is -0.306 e. The Balaban J connectivity index is 2.45. The van der Waals surface area contributed by atoms with Gasteiger partial charge >= 0.3 is 0 Å². The molecule has 0 radical (unpaired) electrons. The first-order valence-electron chi connectivity index (χ1n) is 6.12. The summed E-state index contributed by atoms with van der Waals surface area (Å²) in [6.45, 7) is 5.00. The van der Waals surface area contributed by atoms with E-state index in [1.165, 1.54) is 0 Å². The van der Waals surface area contributed by atoms with Crippen molar-refractivity contribution in [1.29, 1.82) is 0 Å². The van der Waals surface area contributed by atoms with Crippen LogP contribution >= 0.6 is 11.6 Å². The summed E-state index contributed by atoms with van der Waals surface area (Å²) in [6.07, 6.45) is 3.66. The zero-order valence-corrected chi connectivity index (χ0v) is 11.4.